The second kappa shape index (κ2) is 6.20. The van der Waals surface area contributed by atoms with Crippen LogP contribution in [-0.4, -0.2) is 22.5 Å². The summed E-state index contributed by atoms with van der Waals surface area (Å²) in [6.45, 7) is 0. The number of hydrogen-bond acceptors (Lipinski definition) is 2. The van der Waals surface area contributed by atoms with Gasteiger partial charge in [-0.2, -0.15) is 0 Å². The van der Waals surface area contributed by atoms with Gasteiger partial charge >= 0.3 is 5.97 Å². The van der Waals surface area contributed by atoms with Gasteiger partial charge in [0.1, 0.15) is 11.6 Å². The molecular weight excluding hydrogens is 280 g/mol. The van der Waals surface area contributed by atoms with Gasteiger partial charge in [-0.25, -0.2) is 8.78 Å². The fraction of sp³-hybridized carbons (Fsp3) is 0.467. The minimum atomic E-state index is -0.953. The van der Waals surface area contributed by atoms with Gasteiger partial charge in [0, 0.05) is 6.42 Å². The van der Waals surface area contributed by atoms with Crippen LogP contribution < -0.4 is 5.32 Å². The van der Waals surface area contributed by atoms with E-state index in [2.05, 4.69) is 5.32 Å². The Morgan fingerprint density at radius 1 is 1.29 bits per heavy atom. The zero-order chi connectivity index (χ0) is 15.5. The number of carbonyl (C=O) groups excluding carboxylic acids is 1. The summed E-state index contributed by atoms with van der Waals surface area (Å²) in [4.78, 5) is 22.7. The molecule has 0 aromatic heterocycles. The summed E-state index contributed by atoms with van der Waals surface area (Å²) < 4.78 is 26.4. The number of carbonyl (C=O) groups is 2. The maximum absolute atomic E-state index is 13.4. The number of carboxylic acid groups (broad SMARTS) is 1. The Morgan fingerprint density at radius 3 is 2.57 bits per heavy atom. The predicted molar refractivity (Wildman–Crippen MR) is 71.7 cm³/mol. The molecule has 0 saturated heterocycles. The van der Waals surface area contributed by atoms with E-state index in [1.165, 1.54) is 0 Å². The third-order valence-corrected chi connectivity index (χ3v) is 3.83. The van der Waals surface area contributed by atoms with Crippen molar-refractivity contribution in [3.05, 3.63) is 35.4 Å². The predicted octanol–water partition coefficient (Wildman–Crippen LogP) is 2.41. The van der Waals surface area contributed by atoms with Crippen LogP contribution in [0.25, 0.3) is 0 Å². The molecule has 2 rings (SSSR count). The molecule has 0 aliphatic heterocycles. The van der Waals surface area contributed by atoms with E-state index in [4.69, 9.17) is 5.11 Å². The number of benzene rings is 1. The molecule has 1 amide bonds. The van der Waals surface area contributed by atoms with Gasteiger partial charge in [0.25, 0.3) is 0 Å². The van der Waals surface area contributed by atoms with Crippen molar-refractivity contribution >= 4 is 11.9 Å². The first-order chi connectivity index (χ1) is 9.90. The smallest absolute Gasteiger partial charge is 0.305 e. The number of hydrogen-bond donors (Lipinski definition) is 2. The highest BCUT2D eigenvalue weighted by molar-refractivity contribution is 5.78. The molecule has 1 aromatic rings. The fourth-order valence-electron chi connectivity index (χ4n) is 2.58. The van der Waals surface area contributed by atoms with Crippen molar-refractivity contribution in [3.8, 4) is 0 Å². The Morgan fingerprint density at radius 2 is 2.00 bits per heavy atom. The Hall–Kier alpha value is -1.98. The average molecular weight is 297 g/mol. The molecule has 0 atom stereocenters. The van der Waals surface area contributed by atoms with Crippen LogP contribution in [0.15, 0.2) is 18.2 Å². The molecule has 0 spiro atoms. The summed E-state index contributed by atoms with van der Waals surface area (Å²) in [6, 6.07) is 3.12. The van der Waals surface area contributed by atoms with Crippen molar-refractivity contribution in [2.45, 2.75) is 44.1 Å². The second-order valence-electron chi connectivity index (χ2n) is 5.49. The first kappa shape index (κ1) is 15.4. The SMILES string of the molecule is O=C(O)CC1(NC(=O)CCc2cc(F)ccc2F)CCC1. The van der Waals surface area contributed by atoms with Gasteiger partial charge in [0.05, 0.1) is 12.0 Å². The zero-order valence-corrected chi connectivity index (χ0v) is 11.5. The number of rotatable bonds is 6. The van der Waals surface area contributed by atoms with Crippen molar-refractivity contribution in [1.82, 2.24) is 5.32 Å². The first-order valence-corrected chi connectivity index (χ1v) is 6.87. The molecule has 0 heterocycles. The van der Waals surface area contributed by atoms with Crippen molar-refractivity contribution < 1.29 is 23.5 Å². The van der Waals surface area contributed by atoms with E-state index in [9.17, 15) is 18.4 Å². The largest absolute Gasteiger partial charge is 0.481 e. The molecule has 1 aromatic carbocycles. The van der Waals surface area contributed by atoms with Crippen molar-refractivity contribution in [2.24, 2.45) is 0 Å². The van der Waals surface area contributed by atoms with E-state index < -0.39 is 23.1 Å². The monoisotopic (exact) mass is 297 g/mol. The normalized spacial score (nSPS) is 16.1. The molecule has 0 unspecified atom stereocenters. The molecule has 0 bridgehead atoms. The number of aryl methyl sites for hydroxylation is 1. The van der Waals surface area contributed by atoms with Crippen LogP contribution in [0.4, 0.5) is 8.78 Å². The highest BCUT2D eigenvalue weighted by Crippen LogP contribution is 2.35. The van der Waals surface area contributed by atoms with Crippen molar-refractivity contribution in [1.29, 1.82) is 0 Å². The molecule has 21 heavy (non-hydrogen) atoms. The first-order valence-electron chi connectivity index (χ1n) is 6.87. The minimum absolute atomic E-state index is 0.00173. The Kier molecular flexibility index (Phi) is 4.55. The van der Waals surface area contributed by atoms with E-state index >= 15 is 0 Å². The molecule has 2 N–H and O–H groups in total. The Labute approximate surface area is 121 Å². The second-order valence-corrected chi connectivity index (χ2v) is 5.49. The molecule has 114 valence electrons. The summed E-state index contributed by atoms with van der Waals surface area (Å²) in [5.74, 6) is -2.38. The van der Waals surface area contributed by atoms with Gasteiger partial charge in [0.2, 0.25) is 5.91 Å². The summed E-state index contributed by atoms with van der Waals surface area (Å²) in [5, 5.41) is 11.6. The highest BCUT2D eigenvalue weighted by atomic mass is 19.1. The van der Waals surface area contributed by atoms with Crippen LogP contribution in [0.3, 0.4) is 0 Å². The van der Waals surface area contributed by atoms with Crippen LogP contribution in [0.5, 0.6) is 0 Å². The summed E-state index contributed by atoms with van der Waals surface area (Å²) in [5.41, 5.74) is -0.519. The maximum Gasteiger partial charge on any atom is 0.305 e. The van der Waals surface area contributed by atoms with Crippen molar-refractivity contribution in [3.63, 3.8) is 0 Å². The maximum atomic E-state index is 13.4. The van der Waals surface area contributed by atoms with Crippen LogP contribution in [0.2, 0.25) is 0 Å². The molecular formula is C15H17F2NO3. The quantitative estimate of drug-likeness (QED) is 0.847. The van der Waals surface area contributed by atoms with E-state index in [0.29, 0.717) is 12.8 Å². The lowest BCUT2D eigenvalue weighted by Gasteiger charge is -2.41. The van der Waals surface area contributed by atoms with Gasteiger partial charge in [-0.1, -0.05) is 0 Å². The summed E-state index contributed by atoms with van der Waals surface area (Å²) >= 11 is 0. The Bertz CT molecular complexity index is 556. The molecule has 1 aliphatic rings. The number of amides is 1. The topological polar surface area (TPSA) is 66.4 Å². The summed E-state index contributed by atoms with van der Waals surface area (Å²) in [6.07, 6.45) is 2.14. The lowest BCUT2D eigenvalue weighted by Crippen LogP contribution is -2.54. The molecule has 6 heteroatoms. The van der Waals surface area contributed by atoms with Crippen LogP contribution in [0, 0.1) is 11.6 Å². The van der Waals surface area contributed by atoms with E-state index in [1.54, 1.807) is 0 Å². The lowest BCUT2D eigenvalue weighted by molar-refractivity contribution is -0.140. The fourth-order valence-corrected chi connectivity index (χ4v) is 2.58. The standard InChI is InChI=1S/C15H17F2NO3/c16-11-3-4-12(17)10(8-11)2-5-13(19)18-15(6-1-7-15)9-14(20)21/h3-4,8H,1-2,5-7,9H2,(H,18,19)(H,20,21). The molecule has 4 nitrogen and oxygen atoms in total. The minimum Gasteiger partial charge on any atom is -0.481 e. The van der Waals surface area contributed by atoms with Gasteiger partial charge in [-0.15, -0.1) is 0 Å². The lowest BCUT2D eigenvalue weighted by atomic mass is 9.74. The van der Waals surface area contributed by atoms with E-state index in [-0.39, 0.29) is 30.7 Å². The summed E-state index contributed by atoms with van der Waals surface area (Å²) in [7, 11) is 0. The van der Waals surface area contributed by atoms with Gasteiger partial charge < -0.3 is 10.4 Å². The Balaban J connectivity index is 1.90. The van der Waals surface area contributed by atoms with E-state index in [1.807, 2.05) is 0 Å². The van der Waals surface area contributed by atoms with E-state index in [0.717, 1.165) is 24.6 Å². The average Bonchev–Trinajstić information content (AvgIpc) is 2.36. The van der Waals surface area contributed by atoms with Crippen LogP contribution in [-0.2, 0) is 16.0 Å². The van der Waals surface area contributed by atoms with Crippen LogP contribution in [0.1, 0.15) is 37.7 Å². The number of halogens is 2. The third-order valence-electron chi connectivity index (χ3n) is 3.83. The van der Waals surface area contributed by atoms with Crippen LogP contribution >= 0.6 is 0 Å². The molecule has 1 saturated carbocycles. The molecule has 1 aliphatic carbocycles. The van der Waals surface area contributed by atoms with Gasteiger partial charge in [-0.3, -0.25) is 9.59 Å². The van der Waals surface area contributed by atoms with Gasteiger partial charge in [0.15, 0.2) is 0 Å². The highest BCUT2D eigenvalue weighted by Gasteiger charge is 2.40. The van der Waals surface area contributed by atoms with Crippen molar-refractivity contribution in [2.75, 3.05) is 0 Å². The number of nitrogens with one attached hydrogen (secondary N) is 1. The third kappa shape index (κ3) is 4.00. The van der Waals surface area contributed by atoms with Gasteiger partial charge in [-0.05, 0) is 49.4 Å². The molecule has 1 fully saturated rings. The number of carboxylic acids is 1. The zero-order valence-electron chi connectivity index (χ0n) is 11.5. The molecule has 0 radical (unpaired) electrons. The number of aliphatic carboxylic acids is 1.